The van der Waals surface area contributed by atoms with Gasteiger partial charge in [-0.05, 0) is 43.0 Å². The molecule has 2 aromatic heterocycles. The van der Waals surface area contributed by atoms with Gasteiger partial charge in [0.25, 0.3) is 0 Å². The summed E-state index contributed by atoms with van der Waals surface area (Å²) in [5.41, 5.74) is 3.83. The van der Waals surface area contributed by atoms with Gasteiger partial charge >= 0.3 is 0 Å². The number of hydrogen-bond acceptors (Lipinski definition) is 2. The van der Waals surface area contributed by atoms with Gasteiger partial charge in [-0.1, -0.05) is 6.07 Å². The maximum atomic E-state index is 4.25. The van der Waals surface area contributed by atoms with Gasteiger partial charge in [-0.3, -0.25) is 4.98 Å². The van der Waals surface area contributed by atoms with Crippen LogP contribution in [0.5, 0.6) is 0 Å². The van der Waals surface area contributed by atoms with E-state index in [1.54, 1.807) is 0 Å². The molecule has 1 aliphatic rings. The van der Waals surface area contributed by atoms with E-state index in [1.165, 1.54) is 29.7 Å². The molecule has 0 amide bonds. The van der Waals surface area contributed by atoms with E-state index in [9.17, 15) is 0 Å². The quantitative estimate of drug-likeness (QED) is 0.871. The Labute approximate surface area is 108 Å². The van der Waals surface area contributed by atoms with Crippen LogP contribution in [0.2, 0.25) is 0 Å². The van der Waals surface area contributed by atoms with Crippen molar-refractivity contribution < 1.29 is 0 Å². The smallest absolute Gasteiger partial charge is 0.0488 e. The largest absolute Gasteiger partial charge is 0.346 e. The summed E-state index contributed by atoms with van der Waals surface area (Å²) in [5.74, 6) is 0. The van der Waals surface area contributed by atoms with Gasteiger partial charge in [-0.2, -0.15) is 0 Å². The van der Waals surface area contributed by atoms with E-state index in [-0.39, 0.29) is 0 Å². The molecule has 1 N–H and O–H groups in total. The highest BCUT2D eigenvalue weighted by atomic mass is 15.0. The Morgan fingerprint density at radius 2 is 2.28 bits per heavy atom. The average molecular weight is 241 g/mol. The fourth-order valence-corrected chi connectivity index (χ4v) is 2.20. The van der Waals surface area contributed by atoms with Crippen molar-refractivity contribution in [2.24, 2.45) is 0 Å². The minimum Gasteiger partial charge on any atom is -0.346 e. The molecule has 1 aliphatic carbocycles. The highest BCUT2D eigenvalue weighted by molar-refractivity contribution is 5.19. The molecule has 18 heavy (non-hydrogen) atoms. The summed E-state index contributed by atoms with van der Waals surface area (Å²) in [6.45, 7) is 3.96. The molecule has 3 nitrogen and oxygen atoms in total. The van der Waals surface area contributed by atoms with Crippen LogP contribution >= 0.6 is 0 Å². The van der Waals surface area contributed by atoms with E-state index in [0.717, 1.165) is 19.1 Å². The molecule has 1 fully saturated rings. The summed E-state index contributed by atoms with van der Waals surface area (Å²) in [5, 5.41) is 3.56. The zero-order chi connectivity index (χ0) is 12.4. The Balaban J connectivity index is 1.69. The second-order valence-corrected chi connectivity index (χ2v) is 5.15. The van der Waals surface area contributed by atoms with Crippen LogP contribution in [-0.2, 0) is 13.1 Å². The lowest BCUT2D eigenvalue weighted by Gasteiger charge is -2.10. The third-order valence-electron chi connectivity index (χ3n) is 3.36. The van der Waals surface area contributed by atoms with E-state index in [2.05, 4.69) is 46.2 Å². The van der Waals surface area contributed by atoms with Crippen LogP contribution in [0.3, 0.4) is 0 Å². The molecule has 0 spiro atoms. The SMILES string of the molecule is Cc1cncc(Cn2cccc2CNC2CC2)c1. The van der Waals surface area contributed by atoms with E-state index < -0.39 is 0 Å². The lowest BCUT2D eigenvalue weighted by molar-refractivity contribution is 0.634. The number of pyridine rings is 1. The maximum absolute atomic E-state index is 4.25. The first-order valence-electron chi connectivity index (χ1n) is 6.59. The van der Waals surface area contributed by atoms with E-state index in [0.29, 0.717) is 0 Å². The van der Waals surface area contributed by atoms with E-state index in [1.807, 2.05) is 12.4 Å². The second kappa shape index (κ2) is 4.94. The van der Waals surface area contributed by atoms with Crippen LogP contribution in [0.25, 0.3) is 0 Å². The molecule has 0 atom stereocenters. The van der Waals surface area contributed by atoms with Crippen molar-refractivity contribution in [1.82, 2.24) is 14.9 Å². The summed E-state index contributed by atoms with van der Waals surface area (Å²) in [6, 6.07) is 7.27. The molecule has 0 saturated heterocycles. The summed E-state index contributed by atoms with van der Waals surface area (Å²) < 4.78 is 2.30. The third-order valence-corrected chi connectivity index (χ3v) is 3.36. The molecule has 0 bridgehead atoms. The van der Waals surface area contributed by atoms with Crippen LogP contribution in [0.4, 0.5) is 0 Å². The zero-order valence-corrected chi connectivity index (χ0v) is 10.8. The normalized spacial score (nSPS) is 14.9. The van der Waals surface area contributed by atoms with Crippen molar-refractivity contribution in [2.45, 2.75) is 38.9 Å². The molecular weight excluding hydrogens is 222 g/mol. The Hall–Kier alpha value is -1.61. The predicted molar refractivity (Wildman–Crippen MR) is 72.4 cm³/mol. The molecule has 1 saturated carbocycles. The topological polar surface area (TPSA) is 29.9 Å². The van der Waals surface area contributed by atoms with E-state index in [4.69, 9.17) is 0 Å². The fourth-order valence-electron chi connectivity index (χ4n) is 2.20. The molecule has 0 radical (unpaired) electrons. The number of rotatable bonds is 5. The predicted octanol–water partition coefficient (Wildman–Crippen LogP) is 2.49. The number of aromatic nitrogens is 2. The Morgan fingerprint density at radius 3 is 3.06 bits per heavy atom. The van der Waals surface area contributed by atoms with Crippen LogP contribution < -0.4 is 5.32 Å². The standard InChI is InChI=1S/C15H19N3/c1-12-7-13(9-16-8-12)11-18-6-2-3-15(18)10-17-14-4-5-14/h2-3,6-9,14,17H,4-5,10-11H2,1H3. The third kappa shape index (κ3) is 2.79. The van der Waals surface area contributed by atoms with Crippen molar-refractivity contribution >= 4 is 0 Å². The summed E-state index contributed by atoms with van der Waals surface area (Å²) in [7, 11) is 0. The van der Waals surface area contributed by atoms with Gasteiger partial charge in [-0.25, -0.2) is 0 Å². The summed E-state index contributed by atoms with van der Waals surface area (Å²) in [4.78, 5) is 4.25. The lowest BCUT2D eigenvalue weighted by atomic mass is 10.2. The first-order valence-corrected chi connectivity index (χ1v) is 6.59. The fraction of sp³-hybridized carbons (Fsp3) is 0.400. The Morgan fingerprint density at radius 1 is 1.39 bits per heavy atom. The second-order valence-electron chi connectivity index (χ2n) is 5.15. The molecular formula is C15H19N3. The van der Waals surface area contributed by atoms with Crippen LogP contribution in [0, 0.1) is 6.92 Å². The van der Waals surface area contributed by atoms with Gasteiger partial charge in [-0.15, -0.1) is 0 Å². The van der Waals surface area contributed by atoms with Crippen molar-refractivity contribution in [2.75, 3.05) is 0 Å². The first-order chi connectivity index (χ1) is 8.81. The molecule has 94 valence electrons. The van der Waals surface area contributed by atoms with Crippen LogP contribution in [0.1, 0.15) is 29.7 Å². The molecule has 0 aromatic carbocycles. The number of hydrogen-bond donors (Lipinski definition) is 1. The van der Waals surface area contributed by atoms with Gasteiger partial charge in [0, 0.05) is 43.4 Å². The molecule has 2 aromatic rings. The van der Waals surface area contributed by atoms with Crippen molar-refractivity contribution in [3.8, 4) is 0 Å². The summed E-state index contributed by atoms with van der Waals surface area (Å²) in [6.07, 6.45) is 8.66. The number of nitrogens with zero attached hydrogens (tertiary/aromatic N) is 2. The van der Waals surface area contributed by atoms with Gasteiger partial charge in [0.15, 0.2) is 0 Å². The van der Waals surface area contributed by atoms with Gasteiger partial charge in [0.05, 0.1) is 0 Å². The monoisotopic (exact) mass is 241 g/mol. The molecule has 3 rings (SSSR count). The minimum absolute atomic E-state index is 0.758. The van der Waals surface area contributed by atoms with E-state index >= 15 is 0 Å². The average Bonchev–Trinajstić information content (AvgIpc) is 3.08. The van der Waals surface area contributed by atoms with Gasteiger partial charge in [0.1, 0.15) is 0 Å². The summed E-state index contributed by atoms with van der Waals surface area (Å²) >= 11 is 0. The van der Waals surface area contributed by atoms with Crippen molar-refractivity contribution in [3.05, 3.63) is 53.6 Å². The highest BCUT2D eigenvalue weighted by Crippen LogP contribution is 2.19. The first kappa shape index (κ1) is 11.5. The Bertz CT molecular complexity index is 526. The minimum atomic E-state index is 0.758. The van der Waals surface area contributed by atoms with Gasteiger partial charge in [0.2, 0.25) is 0 Å². The lowest BCUT2D eigenvalue weighted by Crippen LogP contribution is -2.18. The van der Waals surface area contributed by atoms with Crippen molar-refractivity contribution in [3.63, 3.8) is 0 Å². The van der Waals surface area contributed by atoms with Crippen molar-refractivity contribution in [1.29, 1.82) is 0 Å². The Kier molecular flexibility index (Phi) is 3.15. The van der Waals surface area contributed by atoms with Crippen LogP contribution in [-0.4, -0.2) is 15.6 Å². The number of aryl methyl sites for hydroxylation is 1. The van der Waals surface area contributed by atoms with Crippen LogP contribution in [0.15, 0.2) is 36.8 Å². The molecule has 0 aliphatic heterocycles. The van der Waals surface area contributed by atoms with Gasteiger partial charge < -0.3 is 9.88 Å². The molecule has 2 heterocycles. The zero-order valence-electron chi connectivity index (χ0n) is 10.8. The molecule has 3 heteroatoms. The number of nitrogens with one attached hydrogen (secondary N) is 1. The maximum Gasteiger partial charge on any atom is 0.0488 e. The molecule has 0 unspecified atom stereocenters. The highest BCUT2D eigenvalue weighted by Gasteiger charge is 2.20.